The van der Waals surface area contributed by atoms with Gasteiger partial charge in [-0.05, 0) is 53.2 Å². The van der Waals surface area contributed by atoms with Crippen molar-refractivity contribution in [2.24, 2.45) is 23.7 Å². The highest BCUT2D eigenvalue weighted by Crippen LogP contribution is 2.54. The Labute approximate surface area is 153 Å². The van der Waals surface area contributed by atoms with Gasteiger partial charge in [-0.1, -0.05) is 12.2 Å². The van der Waals surface area contributed by atoms with Gasteiger partial charge < -0.3 is 9.73 Å². The molecule has 0 radical (unpaired) electrons. The Morgan fingerprint density at radius 2 is 1.92 bits per heavy atom. The van der Waals surface area contributed by atoms with E-state index in [9.17, 15) is 14.4 Å². The number of carbonyl (C=O) groups excluding carboxylic acids is 3. The van der Waals surface area contributed by atoms with Crippen LogP contribution in [0.5, 0.6) is 0 Å². The summed E-state index contributed by atoms with van der Waals surface area (Å²) in [4.78, 5) is 39.5. The van der Waals surface area contributed by atoms with E-state index in [2.05, 4.69) is 33.4 Å². The van der Waals surface area contributed by atoms with Gasteiger partial charge in [0.25, 0.3) is 0 Å². The Hall–Kier alpha value is -1.89. The summed E-state index contributed by atoms with van der Waals surface area (Å²) in [5, 5.41) is 2.73. The van der Waals surface area contributed by atoms with E-state index >= 15 is 0 Å². The summed E-state index contributed by atoms with van der Waals surface area (Å²) >= 11 is 3.25. The molecule has 5 atom stereocenters. The van der Waals surface area contributed by atoms with Gasteiger partial charge in [-0.2, -0.15) is 0 Å². The number of imide groups is 1. The molecule has 0 spiro atoms. The third kappa shape index (κ3) is 2.56. The predicted molar refractivity (Wildman–Crippen MR) is 92.0 cm³/mol. The lowest BCUT2D eigenvalue weighted by Gasteiger charge is -2.26. The second-order valence-corrected chi connectivity index (χ2v) is 7.64. The minimum absolute atomic E-state index is 0.00742. The van der Waals surface area contributed by atoms with Gasteiger partial charge in [0.15, 0.2) is 4.67 Å². The highest BCUT2D eigenvalue weighted by molar-refractivity contribution is 9.10. The molecule has 5 unspecified atom stereocenters. The molecule has 4 rings (SSSR count). The quantitative estimate of drug-likeness (QED) is 0.601. The van der Waals surface area contributed by atoms with Crippen LogP contribution >= 0.6 is 15.9 Å². The molecule has 1 saturated heterocycles. The number of hydrogen-bond donors (Lipinski definition) is 1. The first-order valence-corrected chi connectivity index (χ1v) is 9.37. The fraction of sp³-hybridized carbons (Fsp3) is 0.500. The smallest absolute Gasteiger partial charge is 0.234 e. The molecule has 3 aliphatic rings. The maximum absolute atomic E-state index is 13.0. The number of carbonyl (C=O) groups is 3. The van der Waals surface area contributed by atoms with Gasteiger partial charge in [0.1, 0.15) is 11.8 Å². The molecule has 25 heavy (non-hydrogen) atoms. The predicted octanol–water partition coefficient (Wildman–Crippen LogP) is 2.42. The van der Waals surface area contributed by atoms with Crippen LogP contribution in [-0.4, -0.2) is 29.2 Å². The number of nitrogens with zero attached hydrogens (tertiary/aromatic N) is 1. The first-order chi connectivity index (χ1) is 12.0. The van der Waals surface area contributed by atoms with E-state index in [1.54, 1.807) is 12.1 Å². The number of amides is 3. The van der Waals surface area contributed by atoms with Crippen molar-refractivity contribution in [3.8, 4) is 0 Å². The molecule has 1 aliphatic heterocycles. The lowest BCUT2D eigenvalue weighted by Crippen LogP contribution is -2.39. The average Bonchev–Trinajstić information content (AvgIpc) is 3.31. The maximum Gasteiger partial charge on any atom is 0.234 e. The van der Waals surface area contributed by atoms with Crippen LogP contribution in [0.3, 0.4) is 0 Å². The first-order valence-electron chi connectivity index (χ1n) is 8.58. The SMILES string of the molecule is CCNC(=O)CC(c1ccc(Br)o1)N1C(=O)C2C3C=CC(C3)C2C1=O. The van der Waals surface area contributed by atoms with Crippen molar-refractivity contribution in [3.05, 3.63) is 34.7 Å². The van der Waals surface area contributed by atoms with E-state index in [0.29, 0.717) is 17.0 Å². The third-order valence-corrected chi connectivity index (χ3v) is 5.92. The Balaban J connectivity index is 1.66. The summed E-state index contributed by atoms with van der Waals surface area (Å²) in [6, 6.07) is 2.70. The van der Waals surface area contributed by atoms with Crippen LogP contribution in [0.25, 0.3) is 0 Å². The molecular formula is C18H19BrN2O4. The number of allylic oxidation sites excluding steroid dienone is 2. The second kappa shape index (κ2) is 6.12. The summed E-state index contributed by atoms with van der Waals surface area (Å²) in [5.41, 5.74) is 0. The van der Waals surface area contributed by atoms with Gasteiger partial charge >= 0.3 is 0 Å². The number of halogens is 1. The molecule has 2 fully saturated rings. The number of likely N-dealkylation sites (tertiary alicyclic amines) is 1. The summed E-state index contributed by atoms with van der Waals surface area (Å²) in [7, 11) is 0. The molecule has 0 aromatic carbocycles. The van der Waals surface area contributed by atoms with E-state index in [0.717, 1.165) is 6.42 Å². The number of fused-ring (bicyclic) bond motifs is 5. The fourth-order valence-electron chi connectivity index (χ4n) is 4.50. The van der Waals surface area contributed by atoms with E-state index < -0.39 is 6.04 Å². The van der Waals surface area contributed by atoms with E-state index in [1.165, 1.54) is 4.90 Å². The van der Waals surface area contributed by atoms with Crippen LogP contribution in [0, 0.1) is 23.7 Å². The lowest BCUT2D eigenvalue weighted by atomic mass is 9.85. The van der Waals surface area contributed by atoms with E-state index in [1.807, 2.05) is 6.92 Å². The van der Waals surface area contributed by atoms with Gasteiger partial charge in [0.2, 0.25) is 17.7 Å². The van der Waals surface area contributed by atoms with Gasteiger partial charge in [0.05, 0.1) is 18.3 Å². The Morgan fingerprint density at radius 1 is 1.28 bits per heavy atom. The van der Waals surface area contributed by atoms with Crippen molar-refractivity contribution < 1.29 is 18.8 Å². The van der Waals surface area contributed by atoms with Crippen LogP contribution in [0.1, 0.15) is 31.6 Å². The van der Waals surface area contributed by atoms with Crippen LogP contribution in [0.2, 0.25) is 0 Å². The van der Waals surface area contributed by atoms with Gasteiger partial charge in [-0.25, -0.2) is 0 Å². The van der Waals surface area contributed by atoms with Crippen molar-refractivity contribution in [1.29, 1.82) is 0 Å². The summed E-state index contributed by atoms with van der Waals surface area (Å²) < 4.78 is 6.10. The molecule has 1 N–H and O–H groups in total. The minimum Gasteiger partial charge on any atom is -0.452 e. The molecular weight excluding hydrogens is 388 g/mol. The first kappa shape index (κ1) is 16.6. The number of furan rings is 1. The van der Waals surface area contributed by atoms with Gasteiger partial charge in [-0.3, -0.25) is 19.3 Å². The third-order valence-electron chi connectivity index (χ3n) is 5.49. The highest BCUT2D eigenvalue weighted by atomic mass is 79.9. The maximum atomic E-state index is 13.0. The van der Waals surface area contributed by atoms with Crippen molar-refractivity contribution in [2.45, 2.75) is 25.8 Å². The average molecular weight is 407 g/mol. The second-order valence-electron chi connectivity index (χ2n) is 6.86. The van der Waals surface area contributed by atoms with Crippen molar-refractivity contribution in [1.82, 2.24) is 10.2 Å². The summed E-state index contributed by atoms with van der Waals surface area (Å²) in [5.74, 6) is -0.383. The van der Waals surface area contributed by atoms with Crippen molar-refractivity contribution in [3.63, 3.8) is 0 Å². The zero-order valence-corrected chi connectivity index (χ0v) is 15.4. The Kier molecular flexibility index (Phi) is 4.06. The lowest BCUT2D eigenvalue weighted by molar-refractivity contribution is -0.144. The fourth-order valence-corrected chi connectivity index (χ4v) is 4.82. The van der Waals surface area contributed by atoms with Crippen LogP contribution < -0.4 is 5.32 Å². The molecule has 6 nitrogen and oxygen atoms in total. The molecule has 1 aromatic heterocycles. The highest BCUT2D eigenvalue weighted by Gasteiger charge is 2.60. The summed E-state index contributed by atoms with van der Waals surface area (Å²) in [6.45, 7) is 2.32. The molecule has 2 heterocycles. The molecule has 1 aromatic rings. The zero-order valence-electron chi connectivity index (χ0n) is 13.8. The zero-order chi connectivity index (χ0) is 17.7. The Morgan fingerprint density at radius 3 is 2.44 bits per heavy atom. The molecule has 7 heteroatoms. The minimum atomic E-state index is -0.706. The topological polar surface area (TPSA) is 79.6 Å². The number of nitrogens with one attached hydrogen (secondary N) is 1. The standard InChI is InChI=1S/C18H19BrN2O4/c1-2-20-14(22)8-11(12-5-6-13(19)25-12)21-17(23)15-9-3-4-10(7-9)16(15)18(21)24/h3-6,9-11,15-16H,2,7-8H2,1H3,(H,20,22). The van der Waals surface area contributed by atoms with Crippen molar-refractivity contribution >= 4 is 33.7 Å². The van der Waals surface area contributed by atoms with Gasteiger partial charge in [-0.15, -0.1) is 0 Å². The molecule has 2 aliphatic carbocycles. The van der Waals surface area contributed by atoms with E-state index in [-0.39, 0.29) is 47.8 Å². The monoisotopic (exact) mass is 406 g/mol. The molecule has 3 amide bonds. The van der Waals surface area contributed by atoms with Crippen LogP contribution in [-0.2, 0) is 14.4 Å². The van der Waals surface area contributed by atoms with Crippen LogP contribution in [0.4, 0.5) is 0 Å². The Bertz CT molecular complexity index is 741. The molecule has 2 bridgehead atoms. The summed E-state index contributed by atoms with van der Waals surface area (Å²) in [6.07, 6.45) is 5.01. The van der Waals surface area contributed by atoms with Crippen molar-refractivity contribution in [2.75, 3.05) is 6.54 Å². The largest absolute Gasteiger partial charge is 0.452 e. The normalized spacial score (nSPS) is 30.9. The van der Waals surface area contributed by atoms with Gasteiger partial charge in [0, 0.05) is 6.54 Å². The number of rotatable bonds is 5. The van der Waals surface area contributed by atoms with E-state index in [4.69, 9.17) is 4.42 Å². The van der Waals surface area contributed by atoms with Crippen LogP contribution in [0.15, 0.2) is 33.4 Å². The molecule has 1 saturated carbocycles. The molecule has 132 valence electrons. The number of hydrogen-bond acceptors (Lipinski definition) is 4.